The number of amides is 2. The van der Waals surface area contributed by atoms with Crippen LogP contribution in [0, 0.1) is 0 Å². The fourth-order valence-electron chi connectivity index (χ4n) is 1.01. The molecule has 0 saturated heterocycles. The zero-order valence-electron chi connectivity index (χ0n) is 10.0. The van der Waals surface area contributed by atoms with Gasteiger partial charge < -0.3 is 15.4 Å². The van der Waals surface area contributed by atoms with Crippen molar-refractivity contribution >= 4 is 23.8 Å². The molecule has 0 fully saturated rings. The molecule has 94 valence electrons. The van der Waals surface area contributed by atoms with Crippen molar-refractivity contribution < 1.29 is 14.3 Å². The van der Waals surface area contributed by atoms with Crippen LogP contribution in [0.15, 0.2) is 0 Å². The number of urea groups is 1. The van der Waals surface area contributed by atoms with E-state index in [-0.39, 0.29) is 18.6 Å². The summed E-state index contributed by atoms with van der Waals surface area (Å²) < 4.78 is 4.68. The van der Waals surface area contributed by atoms with E-state index in [9.17, 15) is 9.59 Å². The Bertz CT molecular complexity index is 224. The van der Waals surface area contributed by atoms with Crippen LogP contribution in [-0.4, -0.2) is 43.2 Å². The summed E-state index contributed by atoms with van der Waals surface area (Å²) in [5.41, 5.74) is 0. The molecule has 0 heterocycles. The third-order valence-corrected chi connectivity index (χ3v) is 2.48. The number of esters is 1. The average molecular weight is 248 g/mol. The number of nitrogens with one attached hydrogen (secondary N) is 2. The standard InChI is InChI=1S/C10H20N2O3S/c1-4-15-9(13)7-11-10(14)12-8(2)5-6-16-3/h8H,4-7H2,1-3H3,(H2,11,12,14). The summed E-state index contributed by atoms with van der Waals surface area (Å²) in [6.45, 7) is 3.89. The van der Waals surface area contributed by atoms with Crippen LogP contribution in [0.1, 0.15) is 20.3 Å². The Kier molecular flexibility index (Phi) is 8.80. The first-order valence-electron chi connectivity index (χ1n) is 5.29. The smallest absolute Gasteiger partial charge is 0.325 e. The van der Waals surface area contributed by atoms with Gasteiger partial charge in [0.05, 0.1) is 6.61 Å². The van der Waals surface area contributed by atoms with Gasteiger partial charge in [-0.05, 0) is 32.3 Å². The summed E-state index contributed by atoms with van der Waals surface area (Å²) in [6.07, 6.45) is 2.93. The molecular formula is C10H20N2O3S. The fourth-order valence-corrected chi connectivity index (χ4v) is 1.60. The van der Waals surface area contributed by atoms with E-state index in [0.717, 1.165) is 12.2 Å². The number of ether oxygens (including phenoxy) is 1. The predicted octanol–water partition coefficient (Wildman–Crippen LogP) is 0.990. The number of rotatable bonds is 7. The topological polar surface area (TPSA) is 67.4 Å². The third-order valence-electron chi connectivity index (χ3n) is 1.83. The van der Waals surface area contributed by atoms with E-state index in [1.165, 1.54) is 0 Å². The van der Waals surface area contributed by atoms with Crippen LogP contribution in [0.5, 0.6) is 0 Å². The Labute approximate surface area is 101 Å². The molecule has 2 amide bonds. The average Bonchev–Trinajstić information content (AvgIpc) is 2.24. The van der Waals surface area contributed by atoms with E-state index in [2.05, 4.69) is 15.4 Å². The third kappa shape index (κ3) is 8.40. The summed E-state index contributed by atoms with van der Waals surface area (Å²) in [5, 5.41) is 5.18. The molecule has 0 bridgehead atoms. The molecule has 0 radical (unpaired) electrons. The molecule has 0 saturated carbocycles. The first kappa shape index (κ1) is 15.1. The normalized spacial score (nSPS) is 11.7. The maximum absolute atomic E-state index is 11.3. The number of carbonyl (C=O) groups is 2. The number of thioether (sulfide) groups is 1. The van der Waals surface area contributed by atoms with Gasteiger partial charge in [-0.2, -0.15) is 11.8 Å². The lowest BCUT2D eigenvalue weighted by Gasteiger charge is -2.13. The molecule has 1 unspecified atom stereocenters. The van der Waals surface area contributed by atoms with E-state index < -0.39 is 5.97 Å². The number of hydrogen-bond donors (Lipinski definition) is 2. The first-order chi connectivity index (χ1) is 7.60. The van der Waals surface area contributed by atoms with E-state index in [4.69, 9.17) is 0 Å². The van der Waals surface area contributed by atoms with Crippen molar-refractivity contribution in [1.29, 1.82) is 0 Å². The molecule has 16 heavy (non-hydrogen) atoms. The lowest BCUT2D eigenvalue weighted by atomic mass is 10.3. The molecule has 0 aliphatic heterocycles. The minimum absolute atomic E-state index is 0.0884. The number of carbonyl (C=O) groups excluding carboxylic acids is 2. The summed E-state index contributed by atoms with van der Waals surface area (Å²) in [5.74, 6) is 0.577. The Hall–Kier alpha value is -0.910. The van der Waals surface area contributed by atoms with E-state index >= 15 is 0 Å². The van der Waals surface area contributed by atoms with Crippen molar-refractivity contribution in [2.75, 3.05) is 25.2 Å². The maximum atomic E-state index is 11.3. The monoisotopic (exact) mass is 248 g/mol. The SMILES string of the molecule is CCOC(=O)CNC(=O)NC(C)CCSC. The van der Waals surface area contributed by atoms with Gasteiger partial charge in [0, 0.05) is 6.04 Å². The second kappa shape index (κ2) is 9.33. The van der Waals surface area contributed by atoms with Crippen molar-refractivity contribution in [2.45, 2.75) is 26.3 Å². The lowest BCUT2D eigenvalue weighted by molar-refractivity contribution is -0.141. The van der Waals surface area contributed by atoms with Gasteiger partial charge in [0.25, 0.3) is 0 Å². The van der Waals surface area contributed by atoms with E-state index in [1.54, 1.807) is 18.7 Å². The fraction of sp³-hybridized carbons (Fsp3) is 0.800. The second-order valence-corrected chi connectivity index (χ2v) is 4.30. The number of hydrogen-bond acceptors (Lipinski definition) is 4. The molecule has 0 aliphatic carbocycles. The van der Waals surface area contributed by atoms with Gasteiger partial charge in [0.2, 0.25) is 0 Å². The zero-order chi connectivity index (χ0) is 12.4. The Balaban J connectivity index is 3.61. The molecule has 0 aromatic rings. The van der Waals surface area contributed by atoms with Crippen molar-refractivity contribution in [2.24, 2.45) is 0 Å². The summed E-state index contributed by atoms with van der Waals surface area (Å²) in [4.78, 5) is 22.2. The lowest BCUT2D eigenvalue weighted by Crippen LogP contribution is -2.43. The Morgan fingerprint density at radius 3 is 2.69 bits per heavy atom. The van der Waals surface area contributed by atoms with Crippen LogP contribution < -0.4 is 10.6 Å². The van der Waals surface area contributed by atoms with Crippen LogP contribution >= 0.6 is 11.8 Å². The Morgan fingerprint density at radius 1 is 1.44 bits per heavy atom. The predicted molar refractivity (Wildman–Crippen MR) is 65.6 cm³/mol. The molecule has 6 heteroatoms. The van der Waals surface area contributed by atoms with E-state index in [1.807, 2.05) is 13.2 Å². The van der Waals surface area contributed by atoms with Gasteiger partial charge >= 0.3 is 12.0 Å². The Morgan fingerprint density at radius 2 is 2.12 bits per heavy atom. The van der Waals surface area contributed by atoms with Gasteiger partial charge in [0.1, 0.15) is 6.54 Å². The summed E-state index contributed by atoms with van der Waals surface area (Å²) >= 11 is 1.74. The van der Waals surface area contributed by atoms with E-state index in [0.29, 0.717) is 6.61 Å². The molecular weight excluding hydrogens is 228 g/mol. The van der Waals surface area contributed by atoms with Crippen LogP contribution in [0.3, 0.4) is 0 Å². The highest BCUT2D eigenvalue weighted by molar-refractivity contribution is 7.98. The molecule has 0 aromatic carbocycles. The molecule has 0 rings (SSSR count). The molecule has 5 nitrogen and oxygen atoms in total. The minimum Gasteiger partial charge on any atom is -0.465 e. The van der Waals surface area contributed by atoms with Crippen molar-refractivity contribution in [3.63, 3.8) is 0 Å². The molecule has 0 aromatic heterocycles. The second-order valence-electron chi connectivity index (χ2n) is 3.31. The highest BCUT2D eigenvalue weighted by Crippen LogP contribution is 1.99. The van der Waals surface area contributed by atoms with Gasteiger partial charge in [-0.3, -0.25) is 4.79 Å². The molecule has 0 spiro atoms. The molecule has 1 atom stereocenters. The quantitative estimate of drug-likeness (QED) is 0.659. The zero-order valence-corrected chi connectivity index (χ0v) is 10.9. The van der Waals surface area contributed by atoms with Crippen molar-refractivity contribution in [3.8, 4) is 0 Å². The van der Waals surface area contributed by atoms with Crippen LogP contribution in [-0.2, 0) is 9.53 Å². The van der Waals surface area contributed by atoms with Gasteiger partial charge in [-0.15, -0.1) is 0 Å². The summed E-state index contributed by atoms with van der Waals surface area (Å²) in [6, 6.07) is -0.226. The van der Waals surface area contributed by atoms with Crippen molar-refractivity contribution in [1.82, 2.24) is 10.6 Å². The van der Waals surface area contributed by atoms with Crippen LogP contribution in [0.2, 0.25) is 0 Å². The largest absolute Gasteiger partial charge is 0.465 e. The molecule has 0 aliphatic rings. The maximum Gasteiger partial charge on any atom is 0.325 e. The highest BCUT2D eigenvalue weighted by atomic mass is 32.2. The van der Waals surface area contributed by atoms with Crippen LogP contribution in [0.4, 0.5) is 4.79 Å². The van der Waals surface area contributed by atoms with Gasteiger partial charge in [-0.25, -0.2) is 4.79 Å². The van der Waals surface area contributed by atoms with Gasteiger partial charge in [-0.1, -0.05) is 0 Å². The minimum atomic E-state index is -0.422. The summed E-state index contributed by atoms with van der Waals surface area (Å²) in [7, 11) is 0. The molecule has 2 N–H and O–H groups in total. The van der Waals surface area contributed by atoms with Gasteiger partial charge in [0.15, 0.2) is 0 Å². The van der Waals surface area contributed by atoms with Crippen molar-refractivity contribution in [3.05, 3.63) is 0 Å². The first-order valence-corrected chi connectivity index (χ1v) is 6.68. The highest BCUT2D eigenvalue weighted by Gasteiger charge is 2.08. The van der Waals surface area contributed by atoms with Crippen LogP contribution in [0.25, 0.3) is 0 Å².